The fourth-order valence-corrected chi connectivity index (χ4v) is 3.14. The predicted octanol–water partition coefficient (Wildman–Crippen LogP) is 2.45. The second-order valence-electron chi connectivity index (χ2n) is 4.87. The minimum atomic E-state index is 0.0532. The molecule has 1 amide bonds. The zero-order valence-corrected chi connectivity index (χ0v) is 9.61. The monoisotopic (exact) mass is 217 g/mol. The van der Waals surface area contributed by atoms with Crippen LogP contribution in [0.25, 0.3) is 0 Å². The van der Waals surface area contributed by atoms with Gasteiger partial charge in [0.15, 0.2) is 0 Å². The number of carbonyl (C=O) groups excluding carboxylic acids is 1. The van der Waals surface area contributed by atoms with Crippen molar-refractivity contribution in [3.05, 3.63) is 37.5 Å². The van der Waals surface area contributed by atoms with E-state index in [1.165, 1.54) is 0 Å². The Hall–Kier alpha value is -1.31. The fourth-order valence-electron chi connectivity index (χ4n) is 3.14. The third-order valence-electron chi connectivity index (χ3n) is 3.84. The van der Waals surface area contributed by atoms with Gasteiger partial charge in [-0.3, -0.25) is 4.79 Å². The Kier molecular flexibility index (Phi) is 2.99. The van der Waals surface area contributed by atoms with Crippen LogP contribution in [0.4, 0.5) is 0 Å². The number of nitrogens with one attached hydrogen (secondary N) is 1. The lowest BCUT2D eigenvalue weighted by molar-refractivity contribution is -0.127. The standard InChI is InChI=1S/C14H19NO/c1-3-6-14-7-5-11(10-14)9-12(14)13(16)15-8-4-2/h3-5,7,11-12H,1-2,6,8-10H2,(H,15,16). The molecule has 2 aliphatic carbocycles. The summed E-state index contributed by atoms with van der Waals surface area (Å²) in [6, 6.07) is 0. The molecule has 0 saturated heterocycles. The molecule has 0 aromatic heterocycles. The number of amides is 1. The third kappa shape index (κ3) is 1.73. The Morgan fingerprint density at radius 3 is 2.94 bits per heavy atom. The molecule has 1 saturated carbocycles. The lowest BCUT2D eigenvalue weighted by Gasteiger charge is -2.30. The van der Waals surface area contributed by atoms with Gasteiger partial charge in [-0.1, -0.05) is 24.3 Å². The number of hydrogen-bond acceptors (Lipinski definition) is 1. The molecule has 0 aromatic rings. The van der Waals surface area contributed by atoms with Crippen LogP contribution in [0.3, 0.4) is 0 Å². The number of rotatable bonds is 5. The molecule has 0 spiro atoms. The summed E-state index contributed by atoms with van der Waals surface area (Å²) in [5.74, 6) is 0.897. The van der Waals surface area contributed by atoms with Crippen molar-refractivity contribution in [2.45, 2.75) is 19.3 Å². The summed E-state index contributed by atoms with van der Waals surface area (Å²) in [7, 11) is 0. The zero-order chi connectivity index (χ0) is 11.6. The zero-order valence-electron chi connectivity index (χ0n) is 9.61. The highest BCUT2D eigenvalue weighted by Crippen LogP contribution is 2.55. The van der Waals surface area contributed by atoms with Gasteiger partial charge < -0.3 is 5.32 Å². The molecule has 2 nitrogen and oxygen atoms in total. The van der Waals surface area contributed by atoms with Crippen LogP contribution >= 0.6 is 0 Å². The molecule has 3 atom stereocenters. The van der Waals surface area contributed by atoms with Gasteiger partial charge in [-0.05, 0) is 25.2 Å². The summed E-state index contributed by atoms with van der Waals surface area (Å²) in [5, 5.41) is 2.92. The summed E-state index contributed by atoms with van der Waals surface area (Å²) >= 11 is 0. The summed E-state index contributed by atoms with van der Waals surface area (Å²) in [5.41, 5.74) is 0.0532. The van der Waals surface area contributed by atoms with Gasteiger partial charge in [-0.15, -0.1) is 13.2 Å². The lowest BCUT2D eigenvalue weighted by Crippen LogP contribution is -2.38. The van der Waals surface area contributed by atoms with E-state index in [1.54, 1.807) is 6.08 Å². The van der Waals surface area contributed by atoms with E-state index in [4.69, 9.17) is 0 Å². The molecule has 1 fully saturated rings. The van der Waals surface area contributed by atoms with Gasteiger partial charge in [-0.25, -0.2) is 0 Å². The Morgan fingerprint density at radius 2 is 2.31 bits per heavy atom. The summed E-state index contributed by atoms with van der Waals surface area (Å²) in [6.07, 6.45) is 11.2. The average molecular weight is 217 g/mol. The van der Waals surface area contributed by atoms with Crippen LogP contribution in [-0.4, -0.2) is 12.5 Å². The second-order valence-corrected chi connectivity index (χ2v) is 4.87. The first kappa shape index (κ1) is 11.2. The van der Waals surface area contributed by atoms with Gasteiger partial charge in [0.1, 0.15) is 0 Å². The fraction of sp³-hybridized carbons (Fsp3) is 0.500. The summed E-state index contributed by atoms with van der Waals surface area (Å²) in [4.78, 5) is 12.0. The third-order valence-corrected chi connectivity index (χ3v) is 3.84. The molecule has 0 aliphatic heterocycles. The molecule has 3 unspecified atom stereocenters. The van der Waals surface area contributed by atoms with Crippen molar-refractivity contribution in [3.63, 3.8) is 0 Å². The predicted molar refractivity (Wildman–Crippen MR) is 65.8 cm³/mol. The quantitative estimate of drug-likeness (QED) is 0.704. The normalized spacial score (nSPS) is 35.0. The van der Waals surface area contributed by atoms with Crippen molar-refractivity contribution in [1.82, 2.24) is 5.32 Å². The molecule has 0 heterocycles. The van der Waals surface area contributed by atoms with E-state index in [1.807, 2.05) is 6.08 Å². The van der Waals surface area contributed by atoms with Crippen LogP contribution in [0.5, 0.6) is 0 Å². The maximum atomic E-state index is 12.0. The highest BCUT2D eigenvalue weighted by molar-refractivity contribution is 5.81. The van der Waals surface area contributed by atoms with E-state index in [2.05, 4.69) is 30.6 Å². The van der Waals surface area contributed by atoms with Crippen molar-refractivity contribution in [1.29, 1.82) is 0 Å². The minimum absolute atomic E-state index is 0.0532. The number of allylic oxidation sites excluding steroid dienone is 3. The highest BCUT2D eigenvalue weighted by Gasteiger charge is 2.50. The van der Waals surface area contributed by atoms with Gasteiger partial charge in [0.05, 0.1) is 0 Å². The first-order valence-corrected chi connectivity index (χ1v) is 5.91. The molecule has 2 bridgehead atoms. The van der Waals surface area contributed by atoms with E-state index >= 15 is 0 Å². The van der Waals surface area contributed by atoms with E-state index < -0.39 is 0 Å². The van der Waals surface area contributed by atoms with Crippen LogP contribution in [0.1, 0.15) is 19.3 Å². The van der Waals surface area contributed by atoms with E-state index in [9.17, 15) is 4.79 Å². The average Bonchev–Trinajstić information content (AvgIpc) is 2.83. The molecule has 2 rings (SSSR count). The van der Waals surface area contributed by atoms with Crippen molar-refractivity contribution >= 4 is 5.91 Å². The van der Waals surface area contributed by atoms with Crippen molar-refractivity contribution in [2.75, 3.05) is 6.54 Å². The largest absolute Gasteiger partial charge is 0.352 e. The van der Waals surface area contributed by atoms with E-state index in [0.29, 0.717) is 12.5 Å². The molecule has 1 N–H and O–H groups in total. The Morgan fingerprint density at radius 1 is 1.50 bits per heavy atom. The lowest BCUT2D eigenvalue weighted by atomic mass is 9.75. The topological polar surface area (TPSA) is 29.1 Å². The smallest absolute Gasteiger partial charge is 0.224 e. The number of hydrogen-bond donors (Lipinski definition) is 1. The maximum Gasteiger partial charge on any atom is 0.224 e. The van der Waals surface area contributed by atoms with Crippen LogP contribution in [0, 0.1) is 17.3 Å². The highest BCUT2D eigenvalue weighted by atomic mass is 16.1. The summed E-state index contributed by atoms with van der Waals surface area (Å²) < 4.78 is 0. The first-order valence-electron chi connectivity index (χ1n) is 5.91. The van der Waals surface area contributed by atoms with Crippen molar-refractivity contribution < 1.29 is 4.79 Å². The van der Waals surface area contributed by atoms with Crippen molar-refractivity contribution in [3.8, 4) is 0 Å². The van der Waals surface area contributed by atoms with Crippen LogP contribution in [0.2, 0.25) is 0 Å². The molecular weight excluding hydrogens is 198 g/mol. The molecule has 0 radical (unpaired) electrons. The molecule has 0 aromatic carbocycles. The SMILES string of the molecule is C=CCNC(=O)C1CC2C=CC1(CC=C)C2. The van der Waals surface area contributed by atoms with Gasteiger partial charge in [0, 0.05) is 17.9 Å². The molecule has 16 heavy (non-hydrogen) atoms. The maximum absolute atomic E-state index is 12.0. The van der Waals surface area contributed by atoms with Crippen molar-refractivity contribution in [2.24, 2.45) is 17.3 Å². The van der Waals surface area contributed by atoms with Gasteiger partial charge in [0.2, 0.25) is 5.91 Å². The van der Waals surface area contributed by atoms with Gasteiger partial charge >= 0.3 is 0 Å². The van der Waals surface area contributed by atoms with Crippen LogP contribution < -0.4 is 5.32 Å². The molecule has 2 heteroatoms. The molecule has 2 aliphatic rings. The Bertz CT molecular complexity index is 345. The molecular formula is C14H19NO. The van der Waals surface area contributed by atoms with Crippen LogP contribution in [-0.2, 0) is 4.79 Å². The number of carbonyl (C=O) groups is 1. The van der Waals surface area contributed by atoms with E-state index in [0.717, 1.165) is 19.3 Å². The molecule has 86 valence electrons. The summed E-state index contributed by atoms with van der Waals surface area (Å²) in [6.45, 7) is 7.99. The second kappa shape index (κ2) is 4.28. The first-order chi connectivity index (χ1) is 7.72. The van der Waals surface area contributed by atoms with Gasteiger partial charge in [0.25, 0.3) is 0 Å². The van der Waals surface area contributed by atoms with E-state index in [-0.39, 0.29) is 17.2 Å². The minimum Gasteiger partial charge on any atom is -0.352 e. The Labute approximate surface area is 97.1 Å². The van der Waals surface area contributed by atoms with Crippen LogP contribution in [0.15, 0.2) is 37.5 Å². The van der Waals surface area contributed by atoms with Gasteiger partial charge in [-0.2, -0.15) is 0 Å². The number of fused-ring (bicyclic) bond motifs is 2. The Balaban J connectivity index is 2.10.